The van der Waals surface area contributed by atoms with Crippen molar-refractivity contribution in [3.8, 4) is 0 Å². The average molecular weight is 268 g/mol. The van der Waals surface area contributed by atoms with Gasteiger partial charge < -0.3 is 10.1 Å². The van der Waals surface area contributed by atoms with Gasteiger partial charge in [0.2, 0.25) is 6.23 Å². The van der Waals surface area contributed by atoms with Crippen molar-refractivity contribution < 1.29 is 40.7 Å². The number of carbonyl (C=O) groups excluding carboxylic acids is 2. The number of nitrogens with two attached hydrogens (primary N) is 1. The molecule has 0 bridgehead atoms. The highest BCUT2D eigenvalue weighted by molar-refractivity contribution is 5.84. The lowest BCUT2D eigenvalue weighted by Gasteiger charge is -2.14. The van der Waals surface area contributed by atoms with Crippen molar-refractivity contribution in [3.05, 3.63) is 0 Å². The van der Waals surface area contributed by atoms with Crippen LogP contribution in [0.25, 0.3) is 0 Å². The van der Waals surface area contributed by atoms with Crippen molar-refractivity contribution in [3.63, 3.8) is 0 Å². The van der Waals surface area contributed by atoms with E-state index >= 15 is 0 Å². The fourth-order valence-electron chi connectivity index (χ4n) is 0.524. The standard InChI is InChI=1S/C6H6F6N2O3/c7-5(8,9)1-14-3(15)2(13)17-4(16)6(10,11)12/h2H,1,13H2,(H,14,15). The van der Waals surface area contributed by atoms with E-state index in [1.807, 2.05) is 0 Å². The van der Waals surface area contributed by atoms with Crippen molar-refractivity contribution in [2.24, 2.45) is 5.73 Å². The first-order chi connectivity index (χ1) is 7.43. The Morgan fingerprint density at radius 1 is 1.18 bits per heavy atom. The zero-order chi connectivity index (χ0) is 13.9. The summed E-state index contributed by atoms with van der Waals surface area (Å²) in [7, 11) is 0. The van der Waals surface area contributed by atoms with E-state index in [1.165, 1.54) is 0 Å². The number of hydrogen-bond acceptors (Lipinski definition) is 4. The van der Waals surface area contributed by atoms with Crippen LogP contribution in [0.5, 0.6) is 0 Å². The van der Waals surface area contributed by atoms with E-state index in [2.05, 4.69) is 10.5 Å². The lowest BCUT2D eigenvalue weighted by atomic mass is 10.5. The number of alkyl halides is 6. The molecule has 0 aliphatic rings. The van der Waals surface area contributed by atoms with Crippen LogP contribution in [0.4, 0.5) is 26.3 Å². The Morgan fingerprint density at radius 3 is 2.00 bits per heavy atom. The molecule has 1 unspecified atom stereocenters. The minimum absolute atomic E-state index is 1.15. The molecule has 0 radical (unpaired) electrons. The van der Waals surface area contributed by atoms with Crippen molar-refractivity contribution >= 4 is 11.9 Å². The SMILES string of the molecule is NC(OC(=O)C(F)(F)F)C(=O)NCC(F)(F)F. The Morgan fingerprint density at radius 2 is 1.65 bits per heavy atom. The maximum absolute atomic E-state index is 11.6. The maximum Gasteiger partial charge on any atom is 0.490 e. The summed E-state index contributed by atoms with van der Waals surface area (Å²) in [5, 5.41) is 1.15. The number of amides is 1. The van der Waals surface area contributed by atoms with E-state index in [0.717, 1.165) is 5.32 Å². The van der Waals surface area contributed by atoms with Crippen molar-refractivity contribution in [1.82, 2.24) is 5.32 Å². The number of halogens is 6. The first kappa shape index (κ1) is 15.5. The minimum atomic E-state index is -5.39. The van der Waals surface area contributed by atoms with E-state index in [0.29, 0.717) is 0 Å². The topological polar surface area (TPSA) is 81.4 Å². The highest BCUT2D eigenvalue weighted by atomic mass is 19.4. The molecule has 0 aromatic heterocycles. The summed E-state index contributed by atoms with van der Waals surface area (Å²) in [5.41, 5.74) is 4.62. The second-order valence-corrected chi connectivity index (χ2v) is 2.66. The van der Waals surface area contributed by atoms with Gasteiger partial charge >= 0.3 is 18.3 Å². The lowest BCUT2D eigenvalue weighted by molar-refractivity contribution is -0.205. The molecule has 0 saturated heterocycles. The molecule has 0 aromatic carbocycles. The van der Waals surface area contributed by atoms with Gasteiger partial charge in [-0.05, 0) is 0 Å². The quantitative estimate of drug-likeness (QED) is 0.430. The van der Waals surface area contributed by atoms with Crippen molar-refractivity contribution in [2.75, 3.05) is 6.54 Å². The summed E-state index contributed by atoms with van der Waals surface area (Å²) >= 11 is 0. The van der Waals surface area contributed by atoms with Gasteiger partial charge in [-0.25, -0.2) is 4.79 Å². The highest BCUT2D eigenvalue weighted by Crippen LogP contribution is 2.17. The van der Waals surface area contributed by atoms with Crippen LogP contribution in [0.3, 0.4) is 0 Å². The summed E-state index contributed by atoms with van der Waals surface area (Å²) < 4.78 is 73.0. The van der Waals surface area contributed by atoms with Gasteiger partial charge in [-0.2, -0.15) is 26.3 Å². The zero-order valence-corrected chi connectivity index (χ0v) is 7.85. The number of hydrogen-bond donors (Lipinski definition) is 2. The molecule has 100 valence electrons. The van der Waals surface area contributed by atoms with Crippen LogP contribution >= 0.6 is 0 Å². The van der Waals surface area contributed by atoms with Gasteiger partial charge in [0.1, 0.15) is 6.54 Å². The molecule has 0 heterocycles. The molecule has 3 N–H and O–H groups in total. The number of esters is 1. The first-order valence-corrected chi connectivity index (χ1v) is 3.81. The number of rotatable bonds is 3. The van der Waals surface area contributed by atoms with Crippen LogP contribution in [-0.4, -0.2) is 37.0 Å². The Bertz CT molecular complexity index is 299. The third-order valence-corrected chi connectivity index (χ3v) is 1.19. The van der Waals surface area contributed by atoms with Crippen LogP contribution < -0.4 is 11.1 Å². The van der Waals surface area contributed by atoms with Gasteiger partial charge in [0.05, 0.1) is 0 Å². The number of carbonyl (C=O) groups is 2. The first-order valence-electron chi connectivity index (χ1n) is 3.81. The summed E-state index contributed by atoms with van der Waals surface area (Å²) in [6.07, 6.45) is -12.6. The van der Waals surface area contributed by atoms with Crippen LogP contribution in [-0.2, 0) is 14.3 Å². The molecule has 0 aliphatic heterocycles. The minimum Gasteiger partial charge on any atom is -0.430 e. The molecule has 17 heavy (non-hydrogen) atoms. The van der Waals surface area contributed by atoms with Crippen LogP contribution in [0, 0.1) is 0 Å². The Labute approximate surface area is 89.9 Å². The molecule has 0 fully saturated rings. The Balaban J connectivity index is 4.20. The van der Waals surface area contributed by atoms with E-state index in [1.54, 1.807) is 0 Å². The van der Waals surface area contributed by atoms with Crippen molar-refractivity contribution in [1.29, 1.82) is 0 Å². The molecular weight excluding hydrogens is 262 g/mol. The molecule has 1 amide bonds. The van der Waals surface area contributed by atoms with E-state index < -0.39 is 37.0 Å². The largest absolute Gasteiger partial charge is 0.490 e. The van der Waals surface area contributed by atoms with Gasteiger partial charge in [-0.15, -0.1) is 0 Å². The highest BCUT2D eigenvalue weighted by Gasteiger charge is 2.43. The van der Waals surface area contributed by atoms with Crippen LogP contribution in [0.15, 0.2) is 0 Å². The predicted octanol–water partition coefficient (Wildman–Crippen LogP) is 0.0552. The molecular formula is C6H6F6N2O3. The normalized spacial score (nSPS) is 14.1. The van der Waals surface area contributed by atoms with Gasteiger partial charge in [0.15, 0.2) is 0 Å². The summed E-state index contributed by atoms with van der Waals surface area (Å²) in [6, 6.07) is 0. The summed E-state index contributed by atoms with van der Waals surface area (Å²) in [5.74, 6) is -4.47. The smallest absolute Gasteiger partial charge is 0.430 e. The molecule has 5 nitrogen and oxygen atoms in total. The van der Waals surface area contributed by atoms with Crippen molar-refractivity contribution in [2.45, 2.75) is 18.6 Å². The Hall–Kier alpha value is -1.52. The van der Waals surface area contributed by atoms with Crippen LogP contribution in [0.2, 0.25) is 0 Å². The zero-order valence-electron chi connectivity index (χ0n) is 7.85. The van der Waals surface area contributed by atoms with Gasteiger partial charge in [-0.3, -0.25) is 10.5 Å². The van der Waals surface area contributed by atoms with Gasteiger partial charge in [-0.1, -0.05) is 0 Å². The van der Waals surface area contributed by atoms with Gasteiger partial charge in [0.25, 0.3) is 5.91 Å². The molecule has 0 aromatic rings. The predicted molar refractivity (Wildman–Crippen MR) is 39.2 cm³/mol. The van der Waals surface area contributed by atoms with Gasteiger partial charge in [0, 0.05) is 0 Å². The monoisotopic (exact) mass is 268 g/mol. The average Bonchev–Trinajstić information content (AvgIpc) is 2.11. The molecule has 0 aliphatic carbocycles. The second-order valence-electron chi connectivity index (χ2n) is 2.66. The molecule has 1 atom stereocenters. The fourth-order valence-corrected chi connectivity index (χ4v) is 0.524. The molecule has 0 rings (SSSR count). The van der Waals surface area contributed by atoms with Crippen LogP contribution in [0.1, 0.15) is 0 Å². The molecule has 0 spiro atoms. The second kappa shape index (κ2) is 5.21. The van der Waals surface area contributed by atoms with E-state index in [9.17, 15) is 35.9 Å². The maximum atomic E-state index is 11.6. The summed E-state index contributed by atoms with van der Waals surface area (Å²) in [6.45, 7) is -1.80. The Kier molecular flexibility index (Phi) is 4.74. The molecule has 11 heteroatoms. The van der Waals surface area contributed by atoms with E-state index in [-0.39, 0.29) is 0 Å². The summed E-state index contributed by atoms with van der Waals surface area (Å²) in [4.78, 5) is 20.8. The third kappa shape index (κ3) is 6.60. The fraction of sp³-hybridized carbons (Fsp3) is 0.667. The number of ether oxygens (including phenoxy) is 1. The van der Waals surface area contributed by atoms with E-state index in [4.69, 9.17) is 0 Å². The third-order valence-electron chi connectivity index (χ3n) is 1.19. The molecule has 0 saturated carbocycles. The number of nitrogens with one attached hydrogen (secondary N) is 1. The lowest BCUT2D eigenvalue weighted by Crippen LogP contribution is -2.48.